The Kier molecular flexibility index (Phi) is 4.95. The first-order chi connectivity index (χ1) is 12.0. The molecule has 3 aromatic rings. The molecule has 11 heteroatoms. The van der Waals surface area contributed by atoms with Crippen molar-refractivity contribution in [3.63, 3.8) is 0 Å². The molecule has 0 aromatic carbocycles. The third kappa shape index (κ3) is 4.14. The van der Waals surface area contributed by atoms with Crippen LogP contribution in [0.1, 0.15) is 12.6 Å². The summed E-state index contributed by atoms with van der Waals surface area (Å²) in [6.45, 7) is 3.51. The smallest absolute Gasteiger partial charge is 0.321 e. The number of rotatable bonds is 5. The molecule has 2 amide bonds. The van der Waals surface area contributed by atoms with Gasteiger partial charge in [0, 0.05) is 18.9 Å². The highest BCUT2D eigenvalue weighted by Gasteiger charge is 2.18. The first-order valence-corrected chi connectivity index (χ1v) is 8.14. The summed E-state index contributed by atoms with van der Waals surface area (Å²) in [4.78, 5) is 28.8. The van der Waals surface area contributed by atoms with E-state index in [2.05, 4.69) is 35.7 Å². The molecule has 130 valence electrons. The summed E-state index contributed by atoms with van der Waals surface area (Å²) in [5.74, 6) is 0.666. The molecule has 1 unspecified atom stereocenters. The van der Waals surface area contributed by atoms with Gasteiger partial charge in [-0.1, -0.05) is 16.5 Å². The number of carbonyl (C=O) groups excluding carboxylic acids is 1. The Labute approximate surface area is 146 Å². The van der Waals surface area contributed by atoms with Crippen LogP contribution in [0.25, 0.3) is 22.2 Å². The number of anilines is 1. The Hall–Kier alpha value is -2.92. The first-order valence-electron chi connectivity index (χ1n) is 7.32. The zero-order valence-electron chi connectivity index (χ0n) is 13.4. The predicted molar refractivity (Wildman–Crippen MR) is 89.9 cm³/mol. The molecule has 0 aliphatic heterocycles. The van der Waals surface area contributed by atoms with Crippen LogP contribution >= 0.6 is 11.3 Å². The summed E-state index contributed by atoms with van der Waals surface area (Å²) in [5, 5.41) is 18.6. The highest BCUT2D eigenvalue weighted by Crippen LogP contribution is 2.32. The number of nitrogens with zero attached hydrogens (tertiary/aromatic N) is 5. The number of carbonyl (C=O) groups is 1. The van der Waals surface area contributed by atoms with Crippen molar-refractivity contribution in [2.75, 3.05) is 11.9 Å². The van der Waals surface area contributed by atoms with E-state index < -0.39 is 12.1 Å². The molecule has 1 atom stereocenters. The van der Waals surface area contributed by atoms with Crippen LogP contribution in [0.4, 0.5) is 9.93 Å². The number of amides is 2. The molecular weight excluding hydrogens is 346 g/mol. The molecule has 0 radical (unpaired) electrons. The Balaban J connectivity index is 1.75. The number of aryl methyl sites for hydroxylation is 1. The topological polar surface area (TPSA) is 139 Å². The number of nitrogens with one attached hydrogen (secondary N) is 2. The number of aliphatic hydroxyl groups is 1. The van der Waals surface area contributed by atoms with Gasteiger partial charge >= 0.3 is 6.03 Å². The second kappa shape index (κ2) is 7.32. The van der Waals surface area contributed by atoms with Gasteiger partial charge < -0.3 is 14.9 Å². The van der Waals surface area contributed by atoms with Gasteiger partial charge in [-0.05, 0) is 13.8 Å². The highest BCUT2D eigenvalue weighted by molar-refractivity contribution is 7.19. The lowest BCUT2D eigenvalue weighted by Crippen LogP contribution is -2.34. The van der Waals surface area contributed by atoms with Crippen LogP contribution in [0, 0.1) is 6.92 Å². The van der Waals surface area contributed by atoms with Crippen molar-refractivity contribution >= 4 is 22.5 Å². The highest BCUT2D eigenvalue weighted by atomic mass is 32.1. The number of hydrogen-bond donors (Lipinski definition) is 3. The van der Waals surface area contributed by atoms with E-state index in [1.54, 1.807) is 26.2 Å². The molecule has 0 saturated carbocycles. The van der Waals surface area contributed by atoms with Crippen molar-refractivity contribution in [1.29, 1.82) is 0 Å². The normalized spacial score (nSPS) is 12.0. The van der Waals surface area contributed by atoms with Gasteiger partial charge in [0.05, 0.1) is 17.4 Å². The van der Waals surface area contributed by atoms with Gasteiger partial charge in [-0.2, -0.15) is 4.98 Å². The van der Waals surface area contributed by atoms with E-state index in [1.807, 2.05) is 0 Å². The minimum absolute atomic E-state index is 0.148. The standard InChI is InChI=1S/C14H15N7O3S/c1-7(22)3-17-13(23)20-14-18-8(2)10(25-14)12-19-11(21-24-12)9-4-15-6-16-5-9/h4-7,22H,3H2,1-2H3,(H2,17,18,20,23). The van der Waals surface area contributed by atoms with Gasteiger partial charge in [0.15, 0.2) is 5.13 Å². The minimum Gasteiger partial charge on any atom is -0.392 e. The van der Waals surface area contributed by atoms with Crippen molar-refractivity contribution in [2.45, 2.75) is 20.0 Å². The lowest BCUT2D eigenvalue weighted by Gasteiger charge is -2.06. The van der Waals surface area contributed by atoms with Crippen LogP contribution in [0.15, 0.2) is 23.2 Å². The number of aliphatic hydroxyl groups excluding tert-OH is 1. The van der Waals surface area contributed by atoms with Gasteiger partial charge in [-0.25, -0.2) is 19.7 Å². The Morgan fingerprint density at radius 2 is 2.12 bits per heavy atom. The lowest BCUT2D eigenvalue weighted by atomic mass is 10.3. The van der Waals surface area contributed by atoms with E-state index in [4.69, 9.17) is 9.63 Å². The molecule has 0 spiro atoms. The van der Waals surface area contributed by atoms with Gasteiger partial charge in [-0.3, -0.25) is 5.32 Å². The maximum absolute atomic E-state index is 11.7. The molecule has 0 bridgehead atoms. The van der Waals surface area contributed by atoms with Crippen LogP contribution < -0.4 is 10.6 Å². The maximum Gasteiger partial charge on any atom is 0.321 e. The molecule has 0 aliphatic rings. The van der Waals surface area contributed by atoms with Crippen molar-refractivity contribution in [2.24, 2.45) is 0 Å². The molecule has 0 saturated heterocycles. The average molecular weight is 361 g/mol. The monoisotopic (exact) mass is 361 g/mol. The van der Waals surface area contributed by atoms with E-state index in [1.165, 1.54) is 17.7 Å². The Bertz CT molecular complexity index is 862. The Morgan fingerprint density at radius 1 is 1.36 bits per heavy atom. The summed E-state index contributed by atoms with van der Waals surface area (Å²) in [6.07, 6.45) is 3.96. The SMILES string of the molecule is Cc1nc(NC(=O)NCC(C)O)sc1-c1nc(-c2cncnc2)no1. The minimum atomic E-state index is -0.627. The fourth-order valence-electron chi connectivity index (χ4n) is 1.88. The molecule has 3 rings (SSSR count). The maximum atomic E-state index is 11.7. The van der Waals surface area contributed by atoms with Crippen LogP contribution in [0.5, 0.6) is 0 Å². The molecule has 3 heterocycles. The molecule has 3 N–H and O–H groups in total. The van der Waals surface area contributed by atoms with E-state index in [0.29, 0.717) is 33.0 Å². The van der Waals surface area contributed by atoms with Crippen molar-refractivity contribution in [1.82, 2.24) is 30.4 Å². The zero-order chi connectivity index (χ0) is 17.8. The molecule has 25 heavy (non-hydrogen) atoms. The van der Waals surface area contributed by atoms with Crippen LogP contribution in [-0.4, -0.2) is 48.9 Å². The summed E-state index contributed by atoms with van der Waals surface area (Å²) < 4.78 is 5.28. The third-order valence-corrected chi connectivity index (χ3v) is 4.07. The van der Waals surface area contributed by atoms with E-state index in [-0.39, 0.29) is 6.54 Å². The average Bonchev–Trinajstić information content (AvgIpc) is 3.20. The van der Waals surface area contributed by atoms with Crippen LogP contribution in [0.3, 0.4) is 0 Å². The number of aromatic nitrogens is 5. The van der Waals surface area contributed by atoms with Crippen molar-refractivity contribution in [3.05, 3.63) is 24.4 Å². The van der Waals surface area contributed by atoms with Gasteiger partial charge in [0.1, 0.15) is 11.2 Å². The van der Waals surface area contributed by atoms with E-state index >= 15 is 0 Å². The fraction of sp³-hybridized carbons (Fsp3) is 0.286. The number of hydrogen-bond acceptors (Lipinski definition) is 9. The van der Waals surface area contributed by atoms with Crippen molar-refractivity contribution < 1.29 is 14.4 Å². The van der Waals surface area contributed by atoms with Crippen LogP contribution in [0.2, 0.25) is 0 Å². The second-order valence-corrected chi connectivity index (χ2v) is 6.17. The predicted octanol–water partition coefficient (Wildman–Crippen LogP) is 1.46. The second-order valence-electron chi connectivity index (χ2n) is 5.17. The molecule has 0 aliphatic carbocycles. The van der Waals surface area contributed by atoms with Crippen molar-refractivity contribution in [3.8, 4) is 22.2 Å². The molecule has 10 nitrogen and oxygen atoms in total. The zero-order valence-corrected chi connectivity index (χ0v) is 14.2. The third-order valence-electron chi connectivity index (χ3n) is 3.01. The summed E-state index contributed by atoms with van der Waals surface area (Å²) >= 11 is 1.21. The van der Waals surface area contributed by atoms with E-state index in [0.717, 1.165) is 0 Å². The lowest BCUT2D eigenvalue weighted by molar-refractivity contribution is 0.190. The van der Waals surface area contributed by atoms with Gasteiger partial charge in [0.2, 0.25) is 5.82 Å². The first kappa shape index (κ1) is 16.9. The van der Waals surface area contributed by atoms with E-state index in [9.17, 15) is 4.79 Å². The summed E-state index contributed by atoms with van der Waals surface area (Å²) in [7, 11) is 0. The fourth-order valence-corrected chi connectivity index (χ4v) is 2.76. The molecule has 3 aromatic heterocycles. The van der Waals surface area contributed by atoms with Crippen LogP contribution in [-0.2, 0) is 0 Å². The molecule has 0 fully saturated rings. The largest absolute Gasteiger partial charge is 0.392 e. The van der Waals surface area contributed by atoms with Gasteiger partial charge in [0.25, 0.3) is 5.89 Å². The summed E-state index contributed by atoms with van der Waals surface area (Å²) in [6, 6.07) is -0.450. The quantitative estimate of drug-likeness (QED) is 0.621. The molecular formula is C14H15N7O3S. The van der Waals surface area contributed by atoms with Gasteiger partial charge in [-0.15, -0.1) is 0 Å². The summed E-state index contributed by atoms with van der Waals surface area (Å²) in [5.41, 5.74) is 1.28. The number of thiazole rings is 1. The Morgan fingerprint density at radius 3 is 2.84 bits per heavy atom. The number of urea groups is 1.